The molecule has 0 bridgehead atoms. The molecule has 0 unspecified atom stereocenters. The van der Waals surface area contributed by atoms with E-state index in [0.717, 1.165) is 18.4 Å². The van der Waals surface area contributed by atoms with Crippen molar-refractivity contribution in [1.29, 1.82) is 0 Å². The van der Waals surface area contributed by atoms with Crippen LogP contribution in [0.25, 0.3) is 0 Å². The summed E-state index contributed by atoms with van der Waals surface area (Å²) in [6.45, 7) is 0.648. The highest BCUT2D eigenvalue weighted by Gasteiger charge is 2.33. The van der Waals surface area contributed by atoms with Crippen molar-refractivity contribution in [3.8, 4) is 0 Å². The van der Waals surface area contributed by atoms with Crippen molar-refractivity contribution in [2.75, 3.05) is 13.7 Å². The predicted molar refractivity (Wildman–Crippen MR) is 60.9 cm³/mol. The first-order valence-electron chi connectivity index (χ1n) is 5.72. The molecule has 5 heteroatoms. The third kappa shape index (κ3) is 3.00. The summed E-state index contributed by atoms with van der Waals surface area (Å²) in [6, 6.07) is 3.02. The van der Waals surface area contributed by atoms with Crippen molar-refractivity contribution in [3.63, 3.8) is 0 Å². The van der Waals surface area contributed by atoms with Crippen LogP contribution in [-0.2, 0) is 9.47 Å². The van der Waals surface area contributed by atoms with Gasteiger partial charge in [-0.25, -0.2) is 4.98 Å². The lowest BCUT2D eigenvalue weighted by Gasteiger charge is -2.15. The maximum Gasteiger partial charge on any atom is 0.213 e. The maximum absolute atomic E-state index is 13.0. The number of pyridine rings is 1. The summed E-state index contributed by atoms with van der Waals surface area (Å²) in [5.41, 5.74) is 6.77. The molecular weight excluding hydrogens is 223 g/mol. The molecule has 2 rings (SSSR count). The predicted octanol–water partition coefficient (Wildman–Crippen LogP) is 1.41. The molecule has 0 spiro atoms. The van der Waals surface area contributed by atoms with Gasteiger partial charge in [-0.05, 0) is 30.5 Å². The van der Waals surface area contributed by atoms with E-state index in [9.17, 15) is 4.39 Å². The van der Waals surface area contributed by atoms with Crippen molar-refractivity contribution < 1.29 is 13.9 Å². The molecule has 0 aromatic carbocycles. The molecule has 2 heterocycles. The van der Waals surface area contributed by atoms with Crippen molar-refractivity contribution in [2.24, 2.45) is 5.73 Å². The molecule has 2 N–H and O–H groups in total. The first-order chi connectivity index (χ1) is 8.20. The topological polar surface area (TPSA) is 57.4 Å². The summed E-state index contributed by atoms with van der Waals surface area (Å²) in [5.74, 6) is -0.501. The van der Waals surface area contributed by atoms with Crippen LogP contribution in [0.1, 0.15) is 24.5 Å². The first-order valence-corrected chi connectivity index (χ1v) is 5.72. The Kier molecular flexibility index (Phi) is 4.04. The number of methoxy groups -OCH3 is 1. The van der Waals surface area contributed by atoms with Crippen LogP contribution in [0.15, 0.2) is 18.3 Å². The summed E-state index contributed by atoms with van der Waals surface area (Å²) in [4.78, 5) is 3.52. The quantitative estimate of drug-likeness (QED) is 0.808. The second-order valence-electron chi connectivity index (χ2n) is 4.27. The van der Waals surface area contributed by atoms with Crippen molar-refractivity contribution in [1.82, 2.24) is 4.98 Å². The Morgan fingerprint density at radius 3 is 3.18 bits per heavy atom. The second kappa shape index (κ2) is 5.53. The minimum atomic E-state index is -0.501. The fourth-order valence-electron chi connectivity index (χ4n) is 2.15. The Morgan fingerprint density at radius 2 is 2.47 bits per heavy atom. The average Bonchev–Trinajstić information content (AvgIpc) is 2.68. The number of halogens is 1. The number of ether oxygens (including phenoxy) is 2. The number of hydrogen-bond acceptors (Lipinski definition) is 4. The highest BCUT2D eigenvalue weighted by Crippen LogP contribution is 2.33. The molecule has 4 nitrogen and oxygen atoms in total. The Bertz CT molecular complexity index is 375. The second-order valence-corrected chi connectivity index (χ2v) is 4.27. The molecule has 1 fully saturated rings. The Hall–Kier alpha value is -1.04. The molecular formula is C12H17FN2O2. The van der Waals surface area contributed by atoms with Gasteiger partial charge in [0.05, 0.1) is 12.2 Å². The highest BCUT2D eigenvalue weighted by atomic mass is 19.1. The van der Waals surface area contributed by atoms with E-state index in [-0.39, 0.29) is 18.2 Å². The van der Waals surface area contributed by atoms with E-state index in [1.807, 2.05) is 0 Å². The summed E-state index contributed by atoms with van der Waals surface area (Å²) in [7, 11) is 1.66. The monoisotopic (exact) mass is 240 g/mol. The van der Waals surface area contributed by atoms with Gasteiger partial charge in [0.2, 0.25) is 5.95 Å². The standard InChI is InChI=1S/C12H17FN2O2/c1-16-5-3-9-7-10(14)12(17-9)8-2-4-15-11(13)6-8/h2,4,6,9-10,12H,3,5,7,14H2,1H3/t9-,10-,12+/m1/s1. The van der Waals surface area contributed by atoms with Crippen LogP contribution in [0, 0.1) is 5.95 Å². The normalized spacial score (nSPS) is 28.5. The molecule has 1 saturated heterocycles. The van der Waals surface area contributed by atoms with E-state index in [1.165, 1.54) is 12.3 Å². The van der Waals surface area contributed by atoms with Gasteiger partial charge in [-0.1, -0.05) is 0 Å². The van der Waals surface area contributed by atoms with E-state index in [1.54, 1.807) is 13.2 Å². The Balaban J connectivity index is 2.02. The summed E-state index contributed by atoms with van der Waals surface area (Å²) < 4.78 is 23.8. The zero-order chi connectivity index (χ0) is 12.3. The minimum Gasteiger partial charge on any atom is -0.385 e. The molecule has 1 aliphatic heterocycles. The van der Waals surface area contributed by atoms with Gasteiger partial charge in [-0.15, -0.1) is 0 Å². The van der Waals surface area contributed by atoms with Crippen LogP contribution in [0.4, 0.5) is 4.39 Å². The number of aromatic nitrogens is 1. The molecule has 3 atom stereocenters. The fraction of sp³-hybridized carbons (Fsp3) is 0.583. The van der Waals surface area contributed by atoms with Gasteiger partial charge in [0, 0.05) is 26.0 Å². The number of nitrogens with zero attached hydrogens (tertiary/aromatic N) is 1. The van der Waals surface area contributed by atoms with Gasteiger partial charge in [0.25, 0.3) is 0 Å². The molecule has 1 aliphatic rings. The molecule has 0 aliphatic carbocycles. The molecule has 0 saturated carbocycles. The summed E-state index contributed by atoms with van der Waals surface area (Å²) in [6.07, 6.45) is 2.87. The van der Waals surface area contributed by atoms with Crippen molar-refractivity contribution in [2.45, 2.75) is 31.1 Å². The van der Waals surface area contributed by atoms with Crippen LogP contribution >= 0.6 is 0 Å². The van der Waals surface area contributed by atoms with E-state index >= 15 is 0 Å². The van der Waals surface area contributed by atoms with Crippen molar-refractivity contribution >= 4 is 0 Å². The van der Waals surface area contributed by atoms with Gasteiger partial charge in [0.1, 0.15) is 0 Å². The average molecular weight is 240 g/mol. The van der Waals surface area contributed by atoms with Crippen LogP contribution in [-0.4, -0.2) is 30.8 Å². The fourth-order valence-corrected chi connectivity index (χ4v) is 2.15. The molecule has 94 valence electrons. The third-order valence-electron chi connectivity index (χ3n) is 2.99. The third-order valence-corrected chi connectivity index (χ3v) is 2.99. The zero-order valence-electron chi connectivity index (χ0n) is 9.80. The van der Waals surface area contributed by atoms with Crippen LogP contribution < -0.4 is 5.73 Å². The van der Waals surface area contributed by atoms with Gasteiger partial charge in [-0.3, -0.25) is 0 Å². The van der Waals surface area contributed by atoms with E-state index < -0.39 is 5.95 Å². The lowest BCUT2D eigenvalue weighted by molar-refractivity contribution is 0.0224. The highest BCUT2D eigenvalue weighted by molar-refractivity contribution is 5.17. The van der Waals surface area contributed by atoms with Crippen LogP contribution in [0.2, 0.25) is 0 Å². The molecule has 0 radical (unpaired) electrons. The van der Waals surface area contributed by atoms with E-state index in [2.05, 4.69) is 4.98 Å². The van der Waals surface area contributed by atoms with Crippen LogP contribution in [0.3, 0.4) is 0 Å². The molecule has 1 aromatic heterocycles. The summed E-state index contributed by atoms with van der Waals surface area (Å²) >= 11 is 0. The van der Waals surface area contributed by atoms with Crippen molar-refractivity contribution in [3.05, 3.63) is 29.8 Å². The smallest absolute Gasteiger partial charge is 0.213 e. The lowest BCUT2D eigenvalue weighted by Crippen LogP contribution is -2.23. The van der Waals surface area contributed by atoms with Crippen LogP contribution in [0.5, 0.6) is 0 Å². The maximum atomic E-state index is 13.0. The Labute approximate surface area is 99.9 Å². The first kappa shape index (κ1) is 12.4. The number of nitrogens with two attached hydrogens (primary N) is 1. The van der Waals surface area contributed by atoms with Gasteiger partial charge in [-0.2, -0.15) is 4.39 Å². The number of hydrogen-bond donors (Lipinski definition) is 1. The number of rotatable bonds is 4. The molecule has 17 heavy (non-hydrogen) atoms. The minimum absolute atomic E-state index is 0.0891. The van der Waals surface area contributed by atoms with Gasteiger partial charge >= 0.3 is 0 Å². The van der Waals surface area contributed by atoms with E-state index in [0.29, 0.717) is 6.61 Å². The summed E-state index contributed by atoms with van der Waals surface area (Å²) in [5, 5.41) is 0. The molecule has 1 aromatic rings. The van der Waals surface area contributed by atoms with E-state index in [4.69, 9.17) is 15.2 Å². The molecule has 0 amide bonds. The lowest BCUT2D eigenvalue weighted by atomic mass is 10.0. The SMILES string of the molecule is COCC[C@@H]1C[C@@H](N)[C@H](c2ccnc(F)c2)O1. The van der Waals surface area contributed by atoms with Gasteiger partial charge < -0.3 is 15.2 Å². The zero-order valence-corrected chi connectivity index (χ0v) is 9.80. The Morgan fingerprint density at radius 1 is 1.65 bits per heavy atom. The van der Waals surface area contributed by atoms with Gasteiger partial charge in [0.15, 0.2) is 0 Å². The largest absolute Gasteiger partial charge is 0.385 e.